The van der Waals surface area contributed by atoms with Crippen molar-refractivity contribution in [2.45, 2.75) is 19.4 Å². The van der Waals surface area contributed by atoms with Crippen LogP contribution in [0, 0.1) is 0 Å². The molecule has 126 valence electrons. The van der Waals surface area contributed by atoms with Gasteiger partial charge in [0.05, 0.1) is 17.4 Å². The number of fused-ring (bicyclic) bond motifs is 1. The van der Waals surface area contributed by atoms with Crippen molar-refractivity contribution in [1.82, 2.24) is 19.8 Å². The first-order chi connectivity index (χ1) is 11.6. The Kier molecular flexibility index (Phi) is 4.45. The van der Waals surface area contributed by atoms with Crippen LogP contribution in [-0.2, 0) is 16.1 Å². The molecule has 0 bridgehead atoms. The molecule has 0 unspecified atom stereocenters. The molecule has 0 saturated carbocycles. The van der Waals surface area contributed by atoms with Crippen LogP contribution in [0.4, 0.5) is 0 Å². The number of carbonyl (C=O) groups is 2. The third-order valence-electron chi connectivity index (χ3n) is 4.05. The fourth-order valence-electron chi connectivity index (χ4n) is 2.80. The molecule has 1 fully saturated rings. The molecule has 1 aliphatic rings. The van der Waals surface area contributed by atoms with Crippen LogP contribution >= 0.6 is 0 Å². The van der Waals surface area contributed by atoms with Gasteiger partial charge in [-0.05, 0) is 18.6 Å². The average Bonchev–Trinajstić information content (AvgIpc) is 2.57. The van der Waals surface area contributed by atoms with E-state index >= 15 is 0 Å². The highest BCUT2D eigenvalue weighted by Gasteiger charge is 2.20. The summed E-state index contributed by atoms with van der Waals surface area (Å²) in [6.07, 6.45) is 0.546. The van der Waals surface area contributed by atoms with Gasteiger partial charge in [0.25, 0.3) is 5.56 Å². The lowest BCUT2D eigenvalue weighted by atomic mass is 10.2. The van der Waals surface area contributed by atoms with Gasteiger partial charge in [0, 0.05) is 26.1 Å². The van der Waals surface area contributed by atoms with E-state index in [4.69, 9.17) is 0 Å². The minimum Gasteiger partial charge on any atom is -0.353 e. The van der Waals surface area contributed by atoms with Crippen molar-refractivity contribution in [3.05, 3.63) is 45.1 Å². The maximum absolute atomic E-state index is 12.4. The van der Waals surface area contributed by atoms with Gasteiger partial charge in [-0.25, -0.2) is 4.79 Å². The first-order valence-electron chi connectivity index (χ1n) is 7.82. The van der Waals surface area contributed by atoms with Crippen LogP contribution in [0.15, 0.2) is 33.9 Å². The molecule has 0 radical (unpaired) electrons. The maximum atomic E-state index is 12.4. The Balaban J connectivity index is 1.68. The molecule has 2 amide bonds. The molecule has 1 aromatic heterocycles. The monoisotopic (exact) mass is 330 g/mol. The number of amides is 2. The lowest BCUT2D eigenvalue weighted by Gasteiger charge is -2.26. The summed E-state index contributed by atoms with van der Waals surface area (Å²) in [7, 11) is 0. The van der Waals surface area contributed by atoms with Crippen LogP contribution in [0.2, 0.25) is 0 Å². The first kappa shape index (κ1) is 16.0. The van der Waals surface area contributed by atoms with E-state index in [1.165, 1.54) is 4.90 Å². The molecule has 8 nitrogen and oxygen atoms in total. The predicted molar refractivity (Wildman–Crippen MR) is 87.7 cm³/mol. The Bertz CT molecular complexity index is 899. The topological polar surface area (TPSA) is 104 Å². The summed E-state index contributed by atoms with van der Waals surface area (Å²) in [4.78, 5) is 51.9. The predicted octanol–water partition coefficient (Wildman–Crippen LogP) is -0.572. The van der Waals surface area contributed by atoms with E-state index in [0.717, 1.165) is 4.57 Å². The molecule has 8 heteroatoms. The standard InChI is InChI=1S/C16H18N4O4/c21-13-10-19(9-7-17-13)14(22)6-3-8-20-15(23)11-4-1-2-5-12(11)18-16(20)24/h1-2,4-5H,3,6-10H2,(H,17,21)(H,18,24). The van der Waals surface area contributed by atoms with Gasteiger partial charge < -0.3 is 15.2 Å². The number of H-pyrrole nitrogens is 1. The molecule has 2 aromatic rings. The second-order valence-corrected chi connectivity index (χ2v) is 5.70. The van der Waals surface area contributed by atoms with Crippen LogP contribution < -0.4 is 16.6 Å². The van der Waals surface area contributed by atoms with E-state index in [1.807, 2.05) is 0 Å². The largest absolute Gasteiger partial charge is 0.353 e. The van der Waals surface area contributed by atoms with Crippen molar-refractivity contribution in [1.29, 1.82) is 0 Å². The highest BCUT2D eigenvalue weighted by atomic mass is 16.2. The van der Waals surface area contributed by atoms with E-state index in [9.17, 15) is 19.2 Å². The number of para-hydroxylation sites is 1. The summed E-state index contributed by atoms with van der Waals surface area (Å²) in [6.45, 7) is 1.16. The van der Waals surface area contributed by atoms with Gasteiger partial charge in [0.1, 0.15) is 0 Å². The van der Waals surface area contributed by atoms with Crippen LogP contribution in [0.5, 0.6) is 0 Å². The quantitative estimate of drug-likeness (QED) is 0.783. The summed E-state index contributed by atoms with van der Waals surface area (Å²) in [6, 6.07) is 6.81. The summed E-state index contributed by atoms with van der Waals surface area (Å²) in [5.74, 6) is -0.313. The van der Waals surface area contributed by atoms with Gasteiger partial charge in [-0.3, -0.25) is 19.0 Å². The molecule has 2 N–H and O–H groups in total. The van der Waals surface area contributed by atoms with Gasteiger partial charge >= 0.3 is 5.69 Å². The van der Waals surface area contributed by atoms with Crippen LogP contribution in [0.3, 0.4) is 0 Å². The van der Waals surface area contributed by atoms with Crippen LogP contribution in [0.25, 0.3) is 10.9 Å². The molecule has 1 aliphatic heterocycles. The van der Waals surface area contributed by atoms with Crippen molar-refractivity contribution in [2.24, 2.45) is 0 Å². The SMILES string of the molecule is O=C1CN(C(=O)CCCn2c(=O)[nH]c3ccccc3c2=O)CCN1. The lowest BCUT2D eigenvalue weighted by Crippen LogP contribution is -2.50. The zero-order valence-corrected chi connectivity index (χ0v) is 13.1. The Morgan fingerprint density at radius 1 is 1.17 bits per heavy atom. The molecule has 3 rings (SSSR count). The van der Waals surface area contributed by atoms with E-state index in [-0.39, 0.29) is 36.9 Å². The number of benzene rings is 1. The number of carbonyl (C=O) groups excluding carboxylic acids is 2. The molecule has 2 heterocycles. The maximum Gasteiger partial charge on any atom is 0.328 e. The molecule has 0 spiro atoms. The number of rotatable bonds is 4. The number of hydrogen-bond acceptors (Lipinski definition) is 4. The third-order valence-corrected chi connectivity index (χ3v) is 4.05. The lowest BCUT2D eigenvalue weighted by molar-refractivity contribution is -0.138. The molecule has 24 heavy (non-hydrogen) atoms. The fourth-order valence-corrected chi connectivity index (χ4v) is 2.80. The van der Waals surface area contributed by atoms with Crippen molar-refractivity contribution in [3.8, 4) is 0 Å². The van der Waals surface area contributed by atoms with Gasteiger partial charge in [0.2, 0.25) is 11.8 Å². The van der Waals surface area contributed by atoms with Crippen molar-refractivity contribution < 1.29 is 9.59 Å². The Labute approximate surface area is 137 Å². The zero-order valence-electron chi connectivity index (χ0n) is 13.1. The Morgan fingerprint density at radius 3 is 2.75 bits per heavy atom. The molecule has 1 saturated heterocycles. The molecular formula is C16H18N4O4. The Hall–Kier alpha value is -2.90. The minimum absolute atomic E-state index is 0.0648. The molecular weight excluding hydrogens is 312 g/mol. The number of piperazine rings is 1. The van der Waals surface area contributed by atoms with Gasteiger partial charge in [-0.2, -0.15) is 0 Å². The first-order valence-corrected chi connectivity index (χ1v) is 7.82. The van der Waals surface area contributed by atoms with Crippen LogP contribution in [0.1, 0.15) is 12.8 Å². The van der Waals surface area contributed by atoms with Gasteiger partial charge in [-0.1, -0.05) is 12.1 Å². The normalized spacial score (nSPS) is 14.7. The molecule has 0 atom stereocenters. The Morgan fingerprint density at radius 2 is 1.96 bits per heavy atom. The van der Waals surface area contributed by atoms with Crippen molar-refractivity contribution in [2.75, 3.05) is 19.6 Å². The molecule has 0 aliphatic carbocycles. The summed E-state index contributed by atoms with van der Waals surface area (Å²) in [5.41, 5.74) is -0.346. The van der Waals surface area contributed by atoms with Gasteiger partial charge in [0.15, 0.2) is 0 Å². The van der Waals surface area contributed by atoms with E-state index in [2.05, 4.69) is 10.3 Å². The second-order valence-electron chi connectivity index (χ2n) is 5.70. The summed E-state index contributed by atoms with van der Waals surface area (Å²) < 4.78 is 1.11. The number of aromatic amines is 1. The van der Waals surface area contributed by atoms with E-state index in [1.54, 1.807) is 24.3 Å². The highest BCUT2D eigenvalue weighted by Crippen LogP contribution is 2.04. The number of nitrogens with zero attached hydrogens (tertiary/aromatic N) is 2. The summed E-state index contributed by atoms with van der Waals surface area (Å²) in [5, 5.41) is 3.10. The number of aromatic nitrogens is 2. The minimum atomic E-state index is -0.483. The number of hydrogen-bond donors (Lipinski definition) is 2. The molecule has 1 aromatic carbocycles. The second kappa shape index (κ2) is 6.69. The smallest absolute Gasteiger partial charge is 0.328 e. The average molecular weight is 330 g/mol. The highest BCUT2D eigenvalue weighted by molar-refractivity contribution is 5.85. The summed E-state index contributed by atoms with van der Waals surface area (Å²) >= 11 is 0. The van der Waals surface area contributed by atoms with E-state index < -0.39 is 5.69 Å². The van der Waals surface area contributed by atoms with Crippen molar-refractivity contribution in [3.63, 3.8) is 0 Å². The van der Waals surface area contributed by atoms with Crippen LogP contribution in [-0.4, -0.2) is 45.9 Å². The fraction of sp³-hybridized carbons (Fsp3) is 0.375. The van der Waals surface area contributed by atoms with E-state index in [0.29, 0.717) is 30.4 Å². The number of nitrogens with one attached hydrogen (secondary N) is 2. The van der Waals surface area contributed by atoms with Gasteiger partial charge in [-0.15, -0.1) is 0 Å². The zero-order chi connectivity index (χ0) is 17.1. The third kappa shape index (κ3) is 3.22. The van der Waals surface area contributed by atoms with Crippen molar-refractivity contribution >= 4 is 22.7 Å².